The van der Waals surface area contributed by atoms with E-state index in [2.05, 4.69) is 15.3 Å². The molecule has 3 heterocycles. The number of pyridine rings is 1. The summed E-state index contributed by atoms with van der Waals surface area (Å²) in [5, 5.41) is 3.84. The molecule has 6 nitrogen and oxygen atoms in total. The van der Waals surface area contributed by atoms with E-state index in [1.807, 2.05) is 12.1 Å². The van der Waals surface area contributed by atoms with Crippen LogP contribution in [0.4, 0.5) is 5.69 Å². The van der Waals surface area contributed by atoms with Gasteiger partial charge in [0.05, 0.1) is 5.02 Å². The number of benzene rings is 2. The van der Waals surface area contributed by atoms with Gasteiger partial charge in [-0.15, -0.1) is 0 Å². The fourth-order valence-corrected chi connectivity index (χ4v) is 3.74. The number of furan rings is 1. The van der Waals surface area contributed by atoms with Crippen LogP contribution in [0.5, 0.6) is 0 Å². The average molecular weight is 476 g/mol. The van der Waals surface area contributed by atoms with E-state index in [0.717, 1.165) is 11.1 Å². The maximum atomic E-state index is 12.4. The Balaban J connectivity index is 1.28. The van der Waals surface area contributed by atoms with Crippen molar-refractivity contribution in [2.24, 2.45) is 0 Å². The van der Waals surface area contributed by atoms with E-state index < -0.39 is 0 Å². The molecule has 5 aromatic rings. The molecule has 0 aliphatic heterocycles. The second kappa shape index (κ2) is 8.94. The summed E-state index contributed by atoms with van der Waals surface area (Å²) >= 11 is 12.2. The Hall–Kier alpha value is -3.87. The summed E-state index contributed by atoms with van der Waals surface area (Å²) in [7, 11) is 0. The van der Waals surface area contributed by atoms with Gasteiger partial charge in [0.2, 0.25) is 11.8 Å². The first-order valence-corrected chi connectivity index (χ1v) is 10.7. The standard InChI is InChI=1S/C25H15Cl2N3O3/c26-16-1-5-19(20(27)13-16)22-7-3-18(32-22)4-8-24(31)29-17-2-6-23-21(14-17)30-25(33-23)15-9-11-28-12-10-15/h1-14H,(H,29,31)/b8-4+. The predicted molar refractivity (Wildman–Crippen MR) is 129 cm³/mol. The van der Waals surface area contributed by atoms with Gasteiger partial charge in [0.1, 0.15) is 17.0 Å². The maximum absolute atomic E-state index is 12.4. The number of halogens is 2. The minimum absolute atomic E-state index is 0.310. The lowest BCUT2D eigenvalue weighted by atomic mass is 10.2. The molecular weight excluding hydrogens is 461 g/mol. The highest BCUT2D eigenvalue weighted by molar-refractivity contribution is 6.36. The lowest BCUT2D eigenvalue weighted by molar-refractivity contribution is -0.111. The van der Waals surface area contributed by atoms with Gasteiger partial charge < -0.3 is 14.2 Å². The summed E-state index contributed by atoms with van der Waals surface area (Å²) < 4.78 is 11.6. The topological polar surface area (TPSA) is 81.2 Å². The number of hydrogen-bond acceptors (Lipinski definition) is 5. The van der Waals surface area contributed by atoms with Gasteiger partial charge in [0, 0.05) is 40.3 Å². The highest BCUT2D eigenvalue weighted by Gasteiger charge is 2.10. The third-order valence-corrected chi connectivity index (χ3v) is 5.35. The quantitative estimate of drug-likeness (QED) is 0.274. The van der Waals surface area contributed by atoms with E-state index in [1.54, 1.807) is 67.0 Å². The third-order valence-electron chi connectivity index (χ3n) is 4.80. The Morgan fingerprint density at radius 1 is 0.939 bits per heavy atom. The molecule has 0 fully saturated rings. The van der Waals surface area contributed by atoms with Gasteiger partial charge in [-0.1, -0.05) is 23.2 Å². The largest absolute Gasteiger partial charge is 0.457 e. The summed E-state index contributed by atoms with van der Waals surface area (Å²) in [5.41, 5.74) is 3.41. The molecule has 3 aromatic heterocycles. The van der Waals surface area contributed by atoms with Crippen molar-refractivity contribution in [2.75, 3.05) is 5.32 Å². The lowest BCUT2D eigenvalue weighted by Gasteiger charge is -2.01. The molecule has 2 aromatic carbocycles. The van der Waals surface area contributed by atoms with E-state index >= 15 is 0 Å². The summed E-state index contributed by atoms with van der Waals surface area (Å²) in [6, 6.07) is 17.6. The summed E-state index contributed by atoms with van der Waals surface area (Å²) in [4.78, 5) is 20.9. The summed E-state index contributed by atoms with van der Waals surface area (Å²) in [6.45, 7) is 0. The molecule has 0 saturated carbocycles. The third kappa shape index (κ3) is 4.67. The number of nitrogens with one attached hydrogen (secondary N) is 1. The fraction of sp³-hybridized carbons (Fsp3) is 0. The van der Waals surface area contributed by atoms with Crippen LogP contribution in [0.15, 0.2) is 88.0 Å². The van der Waals surface area contributed by atoms with E-state index in [9.17, 15) is 4.79 Å². The second-order valence-electron chi connectivity index (χ2n) is 7.09. The van der Waals surface area contributed by atoms with Gasteiger partial charge in [0.15, 0.2) is 5.58 Å². The highest BCUT2D eigenvalue weighted by Crippen LogP contribution is 2.32. The molecule has 0 unspecified atom stereocenters. The number of carbonyl (C=O) groups is 1. The van der Waals surface area contributed by atoms with Gasteiger partial charge in [-0.25, -0.2) is 4.98 Å². The van der Waals surface area contributed by atoms with Crippen LogP contribution >= 0.6 is 23.2 Å². The van der Waals surface area contributed by atoms with Gasteiger partial charge in [-0.2, -0.15) is 0 Å². The SMILES string of the molecule is O=C(/C=C/c1ccc(-c2ccc(Cl)cc2Cl)o1)Nc1ccc2oc(-c3ccncc3)nc2c1. The number of amides is 1. The van der Waals surface area contributed by atoms with Crippen LogP contribution in [-0.4, -0.2) is 15.9 Å². The van der Waals surface area contributed by atoms with Crippen molar-refractivity contribution in [1.29, 1.82) is 0 Å². The normalized spacial score (nSPS) is 11.3. The van der Waals surface area contributed by atoms with Crippen LogP contribution in [0, 0.1) is 0 Å². The van der Waals surface area contributed by atoms with Crippen molar-refractivity contribution in [2.45, 2.75) is 0 Å². The Bertz CT molecular complexity index is 1490. The number of rotatable bonds is 5. The molecule has 162 valence electrons. The zero-order valence-electron chi connectivity index (χ0n) is 17.0. The highest BCUT2D eigenvalue weighted by atomic mass is 35.5. The van der Waals surface area contributed by atoms with Crippen LogP contribution < -0.4 is 5.32 Å². The molecule has 0 saturated heterocycles. The molecule has 33 heavy (non-hydrogen) atoms. The average Bonchev–Trinajstić information content (AvgIpc) is 3.45. The molecular formula is C25H15Cl2N3O3. The molecule has 1 amide bonds. The molecule has 0 atom stereocenters. The first-order chi connectivity index (χ1) is 16.0. The molecule has 0 aliphatic carbocycles. The van der Waals surface area contributed by atoms with Crippen molar-refractivity contribution in [1.82, 2.24) is 9.97 Å². The van der Waals surface area contributed by atoms with Gasteiger partial charge in [-0.3, -0.25) is 9.78 Å². The number of hydrogen-bond donors (Lipinski definition) is 1. The number of anilines is 1. The fourth-order valence-electron chi connectivity index (χ4n) is 3.24. The van der Waals surface area contributed by atoms with Crippen molar-refractivity contribution >= 4 is 52.0 Å². The number of nitrogens with zero attached hydrogens (tertiary/aromatic N) is 2. The van der Waals surface area contributed by atoms with Gasteiger partial charge in [0.25, 0.3) is 0 Å². The zero-order chi connectivity index (χ0) is 22.8. The van der Waals surface area contributed by atoms with E-state index in [1.165, 1.54) is 6.08 Å². The Kier molecular flexibility index (Phi) is 5.69. The van der Waals surface area contributed by atoms with Crippen LogP contribution in [-0.2, 0) is 4.79 Å². The second-order valence-corrected chi connectivity index (χ2v) is 7.93. The van der Waals surface area contributed by atoms with Crippen molar-refractivity contribution in [3.05, 3.63) is 94.9 Å². The van der Waals surface area contributed by atoms with Crippen LogP contribution in [0.2, 0.25) is 10.0 Å². The molecule has 8 heteroatoms. The molecule has 0 radical (unpaired) electrons. The number of carbonyl (C=O) groups excluding carboxylic acids is 1. The van der Waals surface area contributed by atoms with Crippen molar-refractivity contribution < 1.29 is 13.6 Å². The molecule has 0 bridgehead atoms. The number of aromatic nitrogens is 2. The predicted octanol–water partition coefficient (Wildman–Crippen LogP) is 7.11. The Labute approximate surface area is 198 Å². The lowest BCUT2D eigenvalue weighted by Crippen LogP contribution is -2.07. The molecule has 5 rings (SSSR count). The van der Waals surface area contributed by atoms with Gasteiger partial charge >= 0.3 is 0 Å². The minimum atomic E-state index is -0.310. The van der Waals surface area contributed by atoms with Crippen molar-refractivity contribution in [3.8, 4) is 22.8 Å². The first-order valence-electron chi connectivity index (χ1n) is 9.90. The van der Waals surface area contributed by atoms with Crippen LogP contribution in [0.25, 0.3) is 40.0 Å². The maximum Gasteiger partial charge on any atom is 0.248 e. The van der Waals surface area contributed by atoms with Gasteiger partial charge in [-0.05, 0) is 66.7 Å². The summed E-state index contributed by atoms with van der Waals surface area (Å²) in [6.07, 6.45) is 6.32. The van der Waals surface area contributed by atoms with Crippen LogP contribution in [0.1, 0.15) is 5.76 Å². The molecule has 0 spiro atoms. The summed E-state index contributed by atoms with van der Waals surface area (Å²) in [5.74, 6) is 1.28. The molecule has 1 N–H and O–H groups in total. The van der Waals surface area contributed by atoms with Crippen molar-refractivity contribution in [3.63, 3.8) is 0 Å². The van der Waals surface area contributed by atoms with E-state index in [-0.39, 0.29) is 5.91 Å². The first kappa shape index (κ1) is 21.0. The smallest absolute Gasteiger partial charge is 0.248 e. The monoisotopic (exact) mass is 475 g/mol. The Morgan fingerprint density at radius 3 is 2.61 bits per heavy atom. The molecule has 0 aliphatic rings. The zero-order valence-corrected chi connectivity index (χ0v) is 18.5. The van der Waals surface area contributed by atoms with E-state index in [0.29, 0.717) is 44.2 Å². The number of oxazole rings is 1. The van der Waals surface area contributed by atoms with E-state index in [4.69, 9.17) is 32.0 Å². The van der Waals surface area contributed by atoms with Crippen LogP contribution in [0.3, 0.4) is 0 Å². The minimum Gasteiger partial charge on any atom is -0.457 e. The number of fused-ring (bicyclic) bond motifs is 1. The Morgan fingerprint density at radius 2 is 1.79 bits per heavy atom.